The summed E-state index contributed by atoms with van der Waals surface area (Å²) < 4.78 is 45.8. The number of alkyl halides is 3. The molecule has 1 aliphatic rings. The number of hydrogen-bond donors (Lipinski definition) is 1. The average molecular weight is 516 g/mol. The van der Waals surface area contributed by atoms with Gasteiger partial charge in [-0.15, -0.1) is 0 Å². The number of rotatable bonds is 8. The van der Waals surface area contributed by atoms with Gasteiger partial charge in [0.05, 0.1) is 36.1 Å². The Labute approximate surface area is 206 Å². The van der Waals surface area contributed by atoms with Gasteiger partial charge in [0, 0.05) is 10.4 Å². The van der Waals surface area contributed by atoms with Crippen LogP contribution < -0.4 is 5.32 Å². The topological polar surface area (TPSA) is 55.4 Å². The van der Waals surface area contributed by atoms with Gasteiger partial charge in [-0.2, -0.15) is 13.2 Å². The van der Waals surface area contributed by atoms with Crippen LogP contribution in [0.25, 0.3) is 0 Å². The highest BCUT2D eigenvalue weighted by Crippen LogP contribution is 2.50. The van der Waals surface area contributed by atoms with E-state index >= 15 is 0 Å². The Morgan fingerprint density at radius 2 is 1.74 bits per heavy atom. The maximum atomic E-state index is 13.6. The van der Waals surface area contributed by atoms with Gasteiger partial charge < -0.3 is 10.1 Å². The fraction of sp³-hybridized carbons (Fsp3) is 0.440. The molecule has 1 amide bonds. The van der Waals surface area contributed by atoms with Crippen molar-refractivity contribution in [3.8, 4) is 0 Å². The average Bonchev–Trinajstić information content (AvgIpc) is 3.62. The van der Waals surface area contributed by atoms with Crippen LogP contribution in [-0.2, 0) is 19.7 Å². The molecule has 0 aromatic heterocycles. The van der Waals surface area contributed by atoms with E-state index in [0.29, 0.717) is 5.02 Å². The summed E-state index contributed by atoms with van der Waals surface area (Å²) in [6.45, 7) is 2.91. The van der Waals surface area contributed by atoms with Crippen LogP contribution in [-0.4, -0.2) is 25.2 Å². The highest BCUT2D eigenvalue weighted by Gasteiger charge is 2.46. The van der Waals surface area contributed by atoms with E-state index < -0.39 is 29.3 Å². The van der Waals surface area contributed by atoms with Crippen LogP contribution in [0.5, 0.6) is 0 Å². The molecule has 3 atom stereocenters. The first kappa shape index (κ1) is 26.4. The molecule has 2 aromatic rings. The molecule has 0 spiro atoms. The Morgan fingerprint density at radius 3 is 2.26 bits per heavy atom. The molecule has 0 bridgehead atoms. The van der Waals surface area contributed by atoms with Crippen LogP contribution in [0.2, 0.25) is 10.0 Å². The van der Waals surface area contributed by atoms with Crippen molar-refractivity contribution < 1.29 is 27.5 Å². The van der Waals surface area contributed by atoms with Crippen molar-refractivity contribution in [3.63, 3.8) is 0 Å². The molecule has 3 rings (SSSR count). The molecule has 1 N–H and O–H groups in total. The van der Waals surface area contributed by atoms with Crippen molar-refractivity contribution in [2.45, 2.75) is 50.6 Å². The fourth-order valence-electron chi connectivity index (χ4n) is 4.29. The zero-order chi connectivity index (χ0) is 25.3. The van der Waals surface area contributed by atoms with Crippen molar-refractivity contribution in [1.82, 2.24) is 0 Å². The minimum absolute atomic E-state index is 0.141. The van der Waals surface area contributed by atoms with E-state index in [2.05, 4.69) is 5.32 Å². The second-order valence-corrected chi connectivity index (χ2v) is 9.83. The lowest BCUT2D eigenvalue weighted by atomic mass is 9.75. The summed E-state index contributed by atoms with van der Waals surface area (Å²) in [4.78, 5) is 25.3. The van der Waals surface area contributed by atoms with Crippen LogP contribution >= 0.6 is 23.2 Å². The number of carbonyl (C=O) groups excluding carboxylic acids is 2. The summed E-state index contributed by atoms with van der Waals surface area (Å²) >= 11 is 12.2. The van der Waals surface area contributed by atoms with Gasteiger partial charge in [0.25, 0.3) is 0 Å². The molecule has 2 aromatic carbocycles. The summed E-state index contributed by atoms with van der Waals surface area (Å²) in [6, 6.07) is 10.7. The van der Waals surface area contributed by atoms with Crippen LogP contribution in [0.4, 0.5) is 18.9 Å². The summed E-state index contributed by atoms with van der Waals surface area (Å²) in [5.74, 6) is -4.42. The largest absolute Gasteiger partial charge is 0.469 e. The van der Waals surface area contributed by atoms with Gasteiger partial charge in [0.2, 0.25) is 5.91 Å². The molecule has 1 fully saturated rings. The second-order valence-electron chi connectivity index (χ2n) is 8.99. The van der Waals surface area contributed by atoms with Gasteiger partial charge in [-0.25, -0.2) is 0 Å². The minimum atomic E-state index is -4.60. The van der Waals surface area contributed by atoms with Gasteiger partial charge in [-0.05, 0) is 54.2 Å². The standard InChI is InChI=1S/C25H26Cl2F3NO3/c1-14(25(28,29)30)22(15-4-9-18(26)10-5-15)23(33)31-20-12-17(8-11-19(20)27)24(2,16-6-7-16)13-21(32)34-3/h4-5,8-12,14,16,22H,6-7,13H2,1-3H3,(H,31,33). The quantitative estimate of drug-likeness (QED) is 0.380. The van der Waals surface area contributed by atoms with Gasteiger partial charge >= 0.3 is 12.1 Å². The maximum Gasteiger partial charge on any atom is 0.392 e. The first-order valence-electron chi connectivity index (χ1n) is 10.9. The van der Waals surface area contributed by atoms with E-state index in [0.717, 1.165) is 25.3 Å². The number of benzene rings is 2. The van der Waals surface area contributed by atoms with Crippen molar-refractivity contribution in [3.05, 3.63) is 63.6 Å². The van der Waals surface area contributed by atoms with E-state index in [1.807, 2.05) is 6.92 Å². The normalized spacial score (nSPS) is 17.4. The smallest absolute Gasteiger partial charge is 0.392 e. The maximum absolute atomic E-state index is 13.6. The fourth-order valence-corrected chi connectivity index (χ4v) is 4.58. The number of anilines is 1. The zero-order valence-corrected chi connectivity index (χ0v) is 20.5. The van der Waals surface area contributed by atoms with Crippen molar-refractivity contribution in [1.29, 1.82) is 0 Å². The Morgan fingerprint density at radius 1 is 1.12 bits per heavy atom. The van der Waals surface area contributed by atoms with Gasteiger partial charge in [0.15, 0.2) is 0 Å². The second kappa shape index (κ2) is 10.2. The Bertz CT molecular complexity index is 1050. The SMILES string of the molecule is COC(=O)CC(C)(c1ccc(Cl)c(NC(=O)C(c2ccc(Cl)cc2)C(C)C(F)(F)F)c1)C1CC1. The lowest BCUT2D eigenvalue weighted by Crippen LogP contribution is -2.34. The summed E-state index contributed by atoms with van der Waals surface area (Å²) in [6.07, 6.45) is -2.57. The molecule has 9 heteroatoms. The van der Waals surface area contributed by atoms with Crippen molar-refractivity contribution >= 4 is 40.8 Å². The van der Waals surface area contributed by atoms with Gasteiger partial charge in [-0.1, -0.05) is 55.2 Å². The molecule has 0 radical (unpaired) electrons. The van der Waals surface area contributed by atoms with Crippen molar-refractivity contribution in [2.24, 2.45) is 11.8 Å². The summed E-state index contributed by atoms with van der Waals surface area (Å²) in [5.41, 5.74) is 0.584. The molecule has 34 heavy (non-hydrogen) atoms. The van der Waals surface area contributed by atoms with Crippen LogP contribution in [0, 0.1) is 11.8 Å². The number of methoxy groups -OCH3 is 1. The molecule has 1 saturated carbocycles. The van der Waals surface area contributed by atoms with E-state index in [-0.39, 0.29) is 34.6 Å². The third-order valence-electron chi connectivity index (χ3n) is 6.63. The molecule has 4 nitrogen and oxygen atoms in total. The third-order valence-corrected chi connectivity index (χ3v) is 7.21. The molecular weight excluding hydrogens is 490 g/mol. The molecule has 3 unspecified atom stereocenters. The highest BCUT2D eigenvalue weighted by molar-refractivity contribution is 6.33. The molecule has 0 heterocycles. The first-order valence-corrected chi connectivity index (χ1v) is 11.6. The molecule has 0 saturated heterocycles. The van der Waals surface area contributed by atoms with Crippen LogP contribution in [0.15, 0.2) is 42.5 Å². The van der Waals surface area contributed by atoms with Crippen LogP contribution in [0.3, 0.4) is 0 Å². The monoisotopic (exact) mass is 515 g/mol. The Hall–Kier alpha value is -2.25. The molecule has 184 valence electrons. The van der Waals surface area contributed by atoms with E-state index in [9.17, 15) is 22.8 Å². The van der Waals surface area contributed by atoms with Gasteiger partial charge in [0.1, 0.15) is 0 Å². The number of ether oxygens (including phenoxy) is 1. The lowest BCUT2D eigenvalue weighted by molar-refractivity contribution is -0.178. The molecule has 0 aliphatic heterocycles. The van der Waals surface area contributed by atoms with E-state index in [1.54, 1.807) is 18.2 Å². The first-order chi connectivity index (χ1) is 15.9. The number of hydrogen-bond acceptors (Lipinski definition) is 3. The molecule has 1 aliphatic carbocycles. The number of halogens is 5. The number of carbonyl (C=O) groups is 2. The Kier molecular flexibility index (Phi) is 7.88. The summed E-state index contributed by atoms with van der Waals surface area (Å²) in [5, 5.41) is 3.13. The third kappa shape index (κ3) is 5.87. The van der Waals surface area contributed by atoms with E-state index in [1.165, 1.54) is 31.4 Å². The number of esters is 1. The zero-order valence-electron chi connectivity index (χ0n) is 19.0. The van der Waals surface area contributed by atoms with Crippen LogP contribution in [0.1, 0.15) is 50.2 Å². The highest BCUT2D eigenvalue weighted by atomic mass is 35.5. The van der Waals surface area contributed by atoms with Crippen molar-refractivity contribution in [2.75, 3.05) is 12.4 Å². The predicted molar refractivity (Wildman–Crippen MR) is 126 cm³/mol. The minimum Gasteiger partial charge on any atom is -0.469 e. The number of nitrogens with one attached hydrogen (secondary N) is 1. The summed E-state index contributed by atoms with van der Waals surface area (Å²) in [7, 11) is 1.32. The van der Waals surface area contributed by atoms with E-state index in [4.69, 9.17) is 27.9 Å². The Balaban J connectivity index is 1.95. The molecular formula is C25H26Cl2F3NO3. The number of amides is 1. The predicted octanol–water partition coefficient (Wildman–Crippen LogP) is 7.14. The van der Waals surface area contributed by atoms with Gasteiger partial charge in [-0.3, -0.25) is 9.59 Å². The lowest BCUT2D eigenvalue weighted by Gasteiger charge is -2.30.